The van der Waals surface area contributed by atoms with Gasteiger partial charge in [0, 0.05) is 36.7 Å². The van der Waals surface area contributed by atoms with Gasteiger partial charge < -0.3 is 15.0 Å². The van der Waals surface area contributed by atoms with E-state index >= 15 is 0 Å². The topological polar surface area (TPSA) is 37.4 Å². The lowest BCUT2D eigenvalue weighted by atomic mass is 10.1. The molecule has 1 aromatic rings. The Bertz CT molecular complexity index is 426. The summed E-state index contributed by atoms with van der Waals surface area (Å²) in [6.45, 7) is 15.6. The van der Waals surface area contributed by atoms with Crippen molar-refractivity contribution in [2.24, 2.45) is 0 Å². The van der Waals surface area contributed by atoms with Gasteiger partial charge >= 0.3 is 0 Å². The van der Waals surface area contributed by atoms with Crippen molar-refractivity contribution in [3.05, 3.63) is 10.6 Å². The smallest absolute Gasteiger partial charge is 0.186 e. The van der Waals surface area contributed by atoms with Crippen LogP contribution in [-0.2, 0) is 17.9 Å². The number of methoxy groups -OCH3 is 1. The van der Waals surface area contributed by atoms with Gasteiger partial charge in [-0.2, -0.15) is 0 Å². The van der Waals surface area contributed by atoms with Crippen molar-refractivity contribution in [3.8, 4) is 0 Å². The van der Waals surface area contributed by atoms with Crippen molar-refractivity contribution in [1.29, 1.82) is 0 Å². The molecule has 0 saturated heterocycles. The fraction of sp³-hybridized carbons (Fsp3) is 0.812. The predicted octanol–water partition coefficient (Wildman–Crippen LogP) is 3.80. The molecule has 0 aliphatic carbocycles. The molecule has 0 fully saturated rings. The van der Waals surface area contributed by atoms with E-state index in [1.807, 2.05) is 0 Å². The average molecular weight is 314 g/mol. The first-order valence-corrected chi connectivity index (χ1v) is 8.63. The van der Waals surface area contributed by atoms with Crippen LogP contribution in [0.3, 0.4) is 0 Å². The van der Waals surface area contributed by atoms with E-state index < -0.39 is 0 Å². The Morgan fingerprint density at radius 3 is 2.48 bits per heavy atom. The lowest BCUT2D eigenvalue weighted by Crippen LogP contribution is -2.35. The molecule has 0 aliphatic rings. The molecule has 0 bridgehead atoms. The van der Waals surface area contributed by atoms with Crippen molar-refractivity contribution in [1.82, 2.24) is 10.3 Å². The SMILES string of the molecule is CCC(C)N(CC)c1nc(COC)c(CNC(C)(C)C)s1. The minimum atomic E-state index is 0.107. The highest BCUT2D eigenvalue weighted by Gasteiger charge is 2.19. The van der Waals surface area contributed by atoms with E-state index in [-0.39, 0.29) is 5.54 Å². The van der Waals surface area contributed by atoms with Gasteiger partial charge in [-0.15, -0.1) is 11.3 Å². The van der Waals surface area contributed by atoms with Crippen molar-refractivity contribution in [3.63, 3.8) is 0 Å². The van der Waals surface area contributed by atoms with Gasteiger partial charge in [0.2, 0.25) is 0 Å². The maximum Gasteiger partial charge on any atom is 0.186 e. The molecule has 0 aliphatic heterocycles. The minimum absolute atomic E-state index is 0.107. The van der Waals surface area contributed by atoms with Crippen LogP contribution in [0.15, 0.2) is 0 Å². The number of nitrogens with zero attached hydrogens (tertiary/aromatic N) is 2. The molecule has 0 radical (unpaired) electrons. The van der Waals surface area contributed by atoms with Crippen molar-refractivity contribution < 1.29 is 4.74 Å². The highest BCUT2D eigenvalue weighted by molar-refractivity contribution is 7.15. The van der Waals surface area contributed by atoms with E-state index in [4.69, 9.17) is 9.72 Å². The quantitative estimate of drug-likeness (QED) is 0.792. The lowest BCUT2D eigenvalue weighted by Gasteiger charge is -2.26. The van der Waals surface area contributed by atoms with E-state index in [1.54, 1.807) is 18.4 Å². The van der Waals surface area contributed by atoms with Crippen LogP contribution >= 0.6 is 11.3 Å². The molecule has 1 aromatic heterocycles. The van der Waals surface area contributed by atoms with E-state index in [0.29, 0.717) is 12.6 Å². The highest BCUT2D eigenvalue weighted by atomic mass is 32.1. The number of rotatable bonds is 8. The molecule has 4 nitrogen and oxygen atoms in total. The highest BCUT2D eigenvalue weighted by Crippen LogP contribution is 2.29. The molecule has 0 amide bonds. The molecule has 1 rings (SSSR count). The Balaban J connectivity index is 2.96. The normalized spacial score (nSPS) is 13.5. The average Bonchev–Trinajstić information content (AvgIpc) is 2.79. The van der Waals surface area contributed by atoms with Crippen LogP contribution < -0.4 is 10.2 Å². The zero-order chi connectivity index (χ0) is 16.0. The van der Waals surface area contributed by atoms with E-state index in [2.05, 4.69) is 51.8 Å². The summed E-state index contributed by atoms with van der Waals surface area (Å²) in [6, 6.07) is 0.514. The molecule has 1 N–H and O–H groups in total. The number of hydrogen-bond acceptors (Lipinski definition) is 5. The van der Waals surface area contributed by atoms with Gasteiger partial charge in [-0.3, -0.25) is 0 Å². The number of aromatic nitrogens is 1. The van der Waals surface area contributed by atoms with Gasteiger partial charge in [-0.05, 0) is 41.0 Å². The molecule has 5 heteroatoms. The Morgan fingerprint density at radius 2 is 2.00 bits per heavy atom. The Morgan fingerprint density at radius 1 is 1.33 bits per heavy atom. The molecule has 21 heavy (non-hydrogen) atoms. The second-order valence-electron chi connectivity index (χ2n) is 6.45. The second-order valence-corrected chi connectivity index (χ2v) is 7.51. The van der Waals surface area contributed by atoms with Crippen LogP contribution in [0.2, 0.25) is 0 Å². The van der Waals surface area contributed by atoms with Crippen molar-refractivity contribution in [2.75, 3.05) is 18.6 Å². The zero-order valence-corrected chi connectivity index (χ0v) is 15.4. The van der Waals surface area contributed by atoms with Crippen LogP contribution in [0.4, 0.5) is 5.13 Å². The summed E-state index contributed by atoms with van der Waals surface area (Å²) >= 11 is 1.79. The standard InChI is InChI=1S/C16H31N3OS/c1-8-12(3)19(9-2)15-18-13(11-20-7)14(21-15)10-17-16(4,5)6/h12,17H,8-11H2,1-7H3. The van der Waals surface area contributed by atoms with Crippen LogP contribution in [0.5, 0.6) is 0 Å². The van der Waals surface area contributed by atoms with E-state index in [1.165, 1.54) is 4.88 Å². The molecule has 1 unspecified atom stereocenters. The first-order chi connectivity index (χ1) is 9.82. The van der Waals surface area contributed by atoms with Crippen LogP contribution in [0.25, 0.3) is 0 Å². The van der Waals surface area contributed by atoms with Gasteiger partial charge in [0.1, 0.15) is 0 Å². The van der Waals surface area contributed by atoms with E-state index in [0.717, 1.165) is 30.3 Å². The summed E-state index contributed by atoms with van der Waals surface area (Å²) in [7, 11) is 1.73. The molecule has 1 heterocycles. The third kappa shape index (κ3) is 5.57. The van der Waals surface area contributed by atoms with Gasteiger partial charge in [0.25, 0.3) is 0 Å². The van der Waals surface area contributed by atoms with Crippen LogP contribution in [0.1, 0.15) is 58.5 Å². The van der Waals surface area contributed by atoms with Gasteiger partial charge in [0.15, 0.2) is 5.13 Å². The molecular formula is C16H31N3OS. The summed E-state index contributed by atoms with van der Waals surface area (Å²) in [4.78, 5) is 8.48. The Kier molecular flexibility index (Phi) is 7.10. The summed E-state index contributed by atoms with van der Waals surface area (Å²) in [5, 5.41) is 4.66. The zero-order valence-electron chi connectivity index (χ0n) is 14.6. The Hall–Kier alpha value is -0.650. The van der Waals surface area contributed by atoms with Crippen molar-refractivity contribution in [2.45, 2.75) is 72.7 Å². The molecule has 0 aromatic carbocycles. The summed E-state index contributed by atoms with van der Waals surface area (Å²) in [5.41, 5.74) is 1.17. The van der Waals surface area contributed by atoms with E-state index in [9.17, 15) is 0 Å². The fourth-order valence-corrected chi connectivity index (χ4v) is 3.25. The predicted molar refractivity (Wildman–Crippen MR) is 92.2 cm³/mol. The summed E-state index contributed by atoms with van der Waals surface area (Å²) in [5.74, 6) is 0. The molecule has 0 spiro atoms. The number of nitrogens with one attached hydrogen (secondary N) is 1. The lowest BCUT2D eigenvalue weighted by molar-refractivity contribution is 0.181. The van der Waals surface area contributed by atoms with Crippen LogP contribution in [0, 0.1) is 0 Å². The maximum absolute atomic E-state index is 5.31. The first kappa shape index (κ1) is 18.4. The number of anilines is 1. The Labute approximate surface area is 133 Å². The summed E-state index contributed by atoms with van der Waals surface area (Å²) < 4.78 is 5.31. The fourth-order valence-electron chi connectivity index (χ4n) is 2.08. The number of thiazole rings is 1. The third-order valence-electron chi connectivity index (χ3n) is 3.54. The molecule has 122 valence electrons. The van der Waals surface area contributed by atoms with Crippen LogP contribution in [-0.4, -0.2) is 30.2 Å². The largest absolute Gasteiger partial charge is 0.378 e. The second kappa shape index (κ2) is 8.11. The van der Waals surface area contributed by atoms with Gasteiger partial charge in [-0.25, -0.2) is 4.98 Å². The molecule has 1 atom stereocenters. The maximum atomic E-state index is 5.31. The van der Waals surface area contributed by atoms with Gasteiger partial charge in [0.05, 0.1) is 12.3 Å². The molecule has 0 saturated carbocycles. The summed E-state index contributed by atoms with van der Waals surface area (Å²) in [6.07, 6.45) is 1.13. The minimum Gasteiger partial charge on any atom is -0.378 e. The van der Waals surface area contributed by atoms with Crippen molar-refractivity contribution >= 4 is 16.5 Å². The van der Waals surface area contributed by atoms with Gasteiger partial charge in [-0.1, -0.05) is 6.92 Å². The third-order valence-corrected chi connectivity index (χ3v) is 4.67. The number of ether oxygens (including phenoxy) is 1. The first-order valence-electron chi connectivity index (χ1n) is 7.81. The number of hydrogen-bond donors (Lipinski definition) is 1. The molecular weight excluding hydrogens is 282 g/mol. The monoisotopic (exact) mass is 313 g/mol.